The van der Waals surface area contributed by atoms with Gasteiger partial charge < -0.3 is 9.84 Å². The molecule has 1 heterocycles. The Balaban J connectivity index is 1.98. The number of rotatable bonds is 4. The van der Waals surface area contributed by atoms with Crippen LogP contribution in [0.4, 0.5) is 13.2 Å². The zero-order valence-corrected chi connectivity index (χ0v) is 10.3. The molecule has 0 saturated carbocycles. The van der Waals surface area contributed by atoms with E-state index in [1.54, 1.807) is 0 Å². The molecule has 6 heteroatoms. The normalized spacial score (nSPS) is 13.0. The molecule has 3 nitrogen and oxygen atoms in total. The minimum Gasteiger partial charge on any atom is -0.473 e. The lowest BCUT2D eigenvalue weighted by molar-refractivity contribution is -0.206. The highest BCUT2D eigenvalue weighted by atomic mass is 19.4. The molecule has 1 N–H and O–H groups in total. The van der Waals surface area contributed by atoms with E-state index in [0.29, 0.717) is 0 Å². The molecule has 0 aliphatic carbocycles. The molecule has 1 atom stereocenters. The Morgan fingerprint density at radius 2 is 1.80 bits per heavy atom. The van der Waals surface area contributed by atoms with Crippen LogP contribution >= 0.6 is 0 Å². The molecular formula is C14H12F3NO2. The number of aliphatic hydroxyl groups excluding tert-OH is 1. The van der Waals surface area contributed by atoms with Crippen LogP contribution in [0.2, 0.25) is 0 Å². The summed E-state index contributed by atoms with van der Waals surface area (Å²) >= 11 is 0. The molecule has 20 heavy (non-hydrogen) atoms. The zero-order chi connectivity index (χ0) is 14.6. The first-order valence-electron chi connectivity index (χ1n) is 5.84. The van der Waals surface area contributed by atoms with Gasteiger partial charge in [-0.1, -0.05) is 30.3 Å². The van der Waals surface area contributed by atoms with Crippen molar-refractivity contribution in [3.8, 4) is 5.88 Å². The highest BCUT2D eigenvalue weighted by Crippen LogP contribution is 2.32. The fourth-order valence-electron chi connectivity index (χ4n) is 1.56. The van der Waals surface area contributed by atoms with E-state index in [1.165, 1.54) is 6.07 Å². The van der Waals surface area contributed by atoms with E-state index in [4.69, 9.17) is 9.84 Å². The number of aromatic nitrogens is 1. The Kier molecular flexibility index (Phi) is 4.24. The SMILES string of the molecule is O[C@@H](c1ccc(OCc2ccccc2)nc1)C(F)(F)F. The molecule has 0 aliphatic rings. The maximum absolute atomic E-state index is 12.3. The first-order chi connectivity index (χ1) is 9.47. The van der Waals surface area contributed by atoms with Gasteiger partial charge in [-0.2, -0.15) is 13.2 Å². The second kappa shape index (κ2) is 5.92. The van der Waals surface area contributed by atoms with Gasteiger partial charge in [0.15, 0.2) is 6.10 Å². The van der Waals surface area contributed by atoms with Gasteiger partial charge in [-0.15, -0.1) is 0 Å². The minimum atomic E-state index is -4.70. The van der Waals surface area contributed by atoms with Gasteiger partial charge in [-0.05, 0) is 11.6 Å². The Bertz CT molecular complexity index is 541. The van der Waals surface area contributed by atoms with Gasteiger partial charge in [0.25, 0.3) is 0 Å². The van der Waals surface area contributed by atoms with Crippen LogP contribution in [0, 0.1) is 0 Å². The van der Waals surface area contributed by atoms with E-state index < -0.39 is 12.3 Å². The van der Waals surface area contributed by atoms with Gasteiger partial charge in [0.05, 0.1) is 0 Å². The van der Waals surface area contributed by atoms with Gasteiger partial charge in [-0.3, -0.25) is 0 Å². The first-order valence-corrected chi connectivity index (χ1v) is 5.84. The third-order valence-corrected chi connectivity index (χ3v) is 2.61. The number of pyridine rings is 1. The number of nitrogens with zero attached hydrogens (tertiary/aromatic N) is 1. The maximum Gasteiger partial charge on any atom is 0.418 e. The fraction of sp³-hybridized carbons (Fsp3) is 0.214. The van der Waals surface area contributed by atoms with Crippen molar-refractivity contribution in [2.24, 2.45) is 0 Å². The molecule has 2 aromatic rings. The summed E-state index contributed by atoms with van der Waals surface area (Å²) in [6.07, 6.45) is -6.27. The molecule has 0 bridgehead atoms. The van der Waals surface area contributed by atoms with Crippen molar-refractivity contribution in [1.29, 1.82) is 0 Å². The molecule has 0 radical (unpaired) electrons. The lowest BCUT2D eigenvalue weighted by atomic mass is 10.1. The van der Waals surface area contributed by atoms with Crippen molar-refractivity contribution in [2.45, 2.75) is 18.9 Å². The van der Waals surface area contributed by atoms with Crippen LogP contribution in [-0.2, 0) is 6.61 Å². The highest BCUT2D eigenvalue weighted by Gasteiger charge is 2.39. The number of hydrogen-bond donors (Lipinski definition) is 1. The van der Waals surface area contributed by atoms with Crippen molar-refractivity contribution < 1.29 is 23.0 Å². The lowest BCUT2D eigenvalue weighted by Crippen LogP contribution is -2.20. The van der Waals surface area contributed by atoms with Crippen LogP contribution in [-0.4, -0.2) is 16.3 Å². The number of aliphatic hydroxyl groups is 1. The van der Waals surface area contributed by atoms with Gasteiger partial charge in [-0.25, -0.2) is 4.98 Å². The van der Waals surface area contributed by atoms with Gasteiger partial charge >= 0.3 is 6.18 Å². The minimum absolute atomic E-state index is 0.201. The number of halogens is 3. The van der Waals surface area contributed by atoms with Crippen molar-refractivity contribution in [2.75, 3.05) is 0 Å². The second-order valence-electron chi connectivity index (χ2n) is 4.15. The molecule has 1 aromatic carbocycles. The maximum atomic E-state index is 12.3. The molecule has 0 saturated heterocycles. The standard InChI is InChI=1S/C14H12F3NO2/c15-14(16,17)13(19)11-6-7-12(18-8-11)20-9-10-4-2-1-3-5-10/h1-8,13,19H,9H2/t13-/m0/s1. The summed E-state index contributed by atoms with van der Waals surface area (Å²) in [4.78, 5) is 3.75. The largest absolute Gasteiger partial charge is 0.473 e. The number of benzene rings is 1. The Morgan fingerprint density at radius 3 is 2.35 bits per heavy atom. The average molecular weight is 283 g/mol. The smallest absolute Gasteiger partial charge is 0.418 e. The van der Waals surface area contributed by atoms with Crippen LogP contribution in [0.1, 0.15) is 17.2 Å². The first kappa shape index (κ1) is 14.3. The monoisotopic (exact) mass is 283 g/mol. The van der Waals surface area contributed by atoms with Crippen LogP contribution in [0.15, 0.2) is 48.7 Å². The van der Waals surface area contributed by atoms with E-state index in [-0.39, 0.29) is 18.1 Å². The van der Waals surface area contributed by atoms with Crippen LogP contribution < -0.4 is 4.74 Å². The third kappa shape index (κ3) is 3.71. The molecule has 0 amide bonds. The summed E-state index contributed by atoms with van der Waals surface area (Å²) in [5.74, 6) is 0.201. The van der Waals surface area contributed by atoms with Gasteiger partial charge in [0, 0.05) is 17.8 Å². The zero-order valence-electron chi connectivity index (χ0n) is 10.3. The van der Waals surface area contributed by atoms with E-state index >= 15 is 0 Å². The lowest BCUT2D eigenvalue weighted by Gasteiger charge is -2.14. The Labute approximate surface area is 113 Å². The van der Waals surface area contributed by atoms with Crippen LogP contribution in [0.5, 0.6) is 5.88 Å². The van der Waals surface area contributed by atoms with Crippen LogP contribution in [0.3, 0.4) is 0 Å². The Hall–Kier alpha value is -2.08. The van der Waals surface area contributed by atoms with Gasteiger partial charge in [0.2, 0.25) is 5.88 Å². The number of alkyl halides is 3. The number of hydrogen-bond acceptors (Lipinski definition) is 3. The molecule has 1 aromatic heterocycles. The molecule has 0 aliphatic heterocycles. The van der Waals surface area contributed by atoms with E-state index in [9.17, 15) is 13.2 Å². The summed E-state index contributed by atoms with van der Waals surface area (Å²) in [5.41, 5.74) is 0.610. The van der Waals surface area contributed by atoms with Crippen molar-refractivity contribution in [3.63, 3.8) is 0 Å². The predicted octanol–water partition coefficient (Wildman–Crippen LogP) is 3.26. The fourth-order valence-corrected chi connectivity index (χ4v) is 1.56. The second-order valence-corrected chi connectivity index (χ2v) is 4.15. The average Bonchev–Trinajstić information content (AvgIpc) is 2.45. The third-order valence-electron chi connectivity index (χ3n) is 2.61. The summed E-state index contributed by atoms with van der Waals surface area (Å²) in [6, 6.07) is 11.8. The van der Waals surface area contributed by atoms with Crippen LogP contribution in [0.25, 0.3) is 0 Å². The molecule has 2 rings (SSSR count). The van der Waals surface area contributed by atoms with Gasteiger partial charge in [0.1, 0.15) is 6.61 Å². The van der Waals surface area contributed by atoms with Crippen molar-refractivity contribution in [3.05, 3.63) is 59.8 Å². The van der Waals surface area contributed by atoms with E-state index in [2.05, 4.69) is 4.98 Å². The topological polar surface area (TPSA) is 42.4 Å². The molecule has 106 valence electrons. The van der Waals surface area contributed by atoms with Crippen molar-refractivity contribution >= 4 is 0 Å². The molecule has 0 unspecified atom stereocenters. The Morgan fingerprint density at radius 1 is 1.10 bits per heavy atom. The molecule has 0 fully saturated rings. The summed E-state index contributed by atoms with van der Waals surface area (Å²) < 4.78 is 42.2. The number of ether oxygens (including phenoxy) is 1. The highest BCUT2D eigenvalue weighted by molar-refractivity contribution is 5.21. The van der Waals surface area contributed by atoms with E-state index in [0.717, 1.165) is 17.8 Å². The summed E-state index contributed by atoms with van der Waals surface area (Å²) in [7, 11) is 0. The summed E-state index contributed by atoms with van der Waals surface area (Å²) in [6.45, 7) is 0.273. The predicted molar refractivity (Wildman–Crippen MR) is 66.0 cm³/mol. The molecular weight excluding hydrogens is 271 g/mol. The summed E-state index contributed by atoms with van der Waals surface area (Å²) in [5, 5.41) is 9.05. The quantitative estimate of drug-likeness (QED) is 0.936. The van der Waals surface area contributed by atoms with Crippen molar-refractivity contribution in [1.82, 2.24) is 4.98 Å². The van der Waals surface area contributed by atoms with E-state index in [1.807, 2.05) is 30.3 Å². The molecule has 0 spiro atoms.